The third kappa shape index (κ3) is 2.55. The highest BCUT2D eigenvalue weighted by Crippen LogP contribution is 2.14. The summed E-state index contributed by atoms with van der Waals surface area (Å²) in [4.78, 5) is 15.8. The Kier molecular flexibility index (Phi) is 3.82. The van der Waals surface area contributed by atoms with Crippen molar-refractivity contribution in [2.75, 3.05) is 6.61 Å². The molecule has 0 bridgehead atoms. The molecule has 5 heteroatoms. The van der Waals surface area contributed by atoms with Gasteiger partial charge in [0.25, 0.3) is 0 Å². The lowest BCUT2D eigenvalue weighted by Crippen LogP contribution is -2.23. The summed E-state index contributed by atoms with van der Waals surface area (Å²) in [6, 6.07) is -0.355. The summed E-state index contributed by atoms with van der Waals surface area (Å²) in [5.74, 6) is 1.18. The van der Waals surface area contributed by atoms with Gasteiger partial charge in [0.05, 0.1) is 6.61 Å². The summed E-state index contributed by atoms with van der Waals surface area (Å²) in [6.45, 7) is 7.76. The molecule has 0 aliphatic heterocycles. The van der Waals surface area contributed by atoms with Gasteiger partial charge in [-0.3, -0.25) is 0 Å². The second kappa shape index (κ2) is 4.91. The van der Waals surface area contributed by atoms with Crippen molar-refractivity contribution in [2.45, 2.75) is 40.2 Å². The van der Waals surface area contributed by atoms with Crippen molar-refractivity contribution in [3.8, 4) is 0 Å². The largest absolute Gasteiger partial charge is 0.464 e. The first-order valence-corrected chi connectivity index (χ1v) is 5.16. The molecule has 0 saturated carbocycles. The van der Waals surface area contributed by atoms with Crippen LogP contribution in [0.5, 0.6) is 0 Å². The van der Waals surface area contributed by atoms with E-state index in [9.17, 15) is 4.79 Å². The van der Waals surface area contributed by atoms with Gasteiger partial charge >= 0.3 is 5.97 Å². The zero-order valence-corrected chi connectivity index (χ0v) is 9.65. The second-order valence-electron chi connectivity index (χ2n) is 3.33. The number of esters is 1. The van der Waals surface area contributed by atoms with Gasteiger partial charge in [-0.05, 0) is 27.2 Å². The summed E-state index contributed by atoms with van der Waals surface area (Å²) in [5.41, 5.74) is 0. The molecule has 0 radical (unpaired) electrons. The zero-order chi connectivity index (χ0) is 11.4. The van der Waals surface area contributed by atoms with E-state index in [1.807, 2.05) is 13.8 Å². The normalized spacial score (nSPS) is 12.5. The quantitative estimate of drug-likeness (QED) is 0.706. The fourth-order valence-electron chi connectivity index (χ4n) is 1.51. The molecule has 1 aromatic heterocycles. The van der Waals surface area contributed by atoms with Gasteiger partial charge in [-0.2, -0.15) is 5.10 Å². The van der Waals surface area contributed by atoms with Gasteiger partial charge in [0.15, 0.2) is 6.04 Å². The molecule has 5 nitrogen and oxygen atoms in total. The third-order valence-corrected chi connectivity index (χ3v) is 2.15. The lowest BCUT2D eigenvalue weighted by molar-refractivity contribution is -0.147. The molecule has 0 aromatic carbocycles. The number of nitrogens with zero attached hydrogens (tertiary/aromatic N) is 3. The van der Waals surface area contributed by atoms with Crippen LogP contribution >= 0.6 is 0 Å². The van der Waals surface area contributed by atoms with Gasteiger partial charge in [-0.25, -0.2) is 14.5 Å². The number of hydrogen-bond donors (Lipinski definition) is 0. The number of aromatic nitrogens is 3. The minimum absolute atomic E-state index is 0.243. The number of rotatable bonds is 4. The Bertz CT molecular complexity index is 346. The maximum atomic E-state index is 11.6. The van der Waals surface area contributed by atoms with E-state index in [0.29, 0.717) is 18.9 Å². The molecule has 0 N–H and O–H groups in total. The Morgan fingerprint density at radius 2 is 2.13 bits per heavy atom. The van der Waals surface area contributed by atoms with Crippen LogP contribution < -0.4 is 0 Å². The van der Waals surface area contributed by atoms with Crippen LogP contribution in [0.2, 0.25) is 0 Å². The molecule has 0 aliphatic rings. The first kappa shape index (κ1) is 11.7. The number of carbonyl (C=O) groups excluding carboxylic acids is 1. The monoisotopic (exact) mass is 211 g/mol. The molecule has 84 valence electrons. The van der Waals surface area contributed by atoms with Crippen molar-refractivity contribution >= 4 is 5.97 Å². The molecule has 1 aromatic rings. The molecule has 15 heavy (non-hydrogen) atoms. The molecule has 1 heterocycles. The van der Waals surface area contributed by atoms with E-state index in [-0.39, 0.29) is 12.0 Å². The number of aryl methyl sites for hydroxylation is 2. The van der Waals surface area contributed by atoms with Gasteiger partial charge < -0.3 is 4.74 Å². The third-order valence-electron chi connectivity index (χ3n) is 2.15. The lowest BCUT2D eigenvalue weighted by Gasteiger charge is -2.14. The summed E-state index contributed by atoms with van der Waals surface area (Å²) >= 11 is 0. The Morgan fingerprint density at radius 1 is 1.47 bits per heavy atom. The molecule has 0 aliphatic carbocycles. The Labute approximate surface area is 89.5 Å². The van der Waals surface area contributed by atoms with Gasteiger partial charge in [0.1, 0.15) is 11.6 Å². The van der Waals surface area contributed by atoms with E-state index in [1.165, 1.54) is 0 Å². The van der Waals surface area contributed by atoms with E-state index >= 15 is 0 Å². The van der Waals surface area contributed by atoms with E-state index in [0.717, 1.165) is 5.82 Å². The van der Waals surface area contributed by atoms with Crippen LogP contribution in [0.25, 0.3) is 0 Å². The fourth-order valence-corrected chi connectivity index (χ4v) is 1.51. The standard InChI is InChI=1S/C10H17N3O2/c1-5-9(10(14)15-6-2)13-8(4)11-7(3)12-13/h9H,5-6H2,1-4H3. The Hall–Kier alpha value is -1.39. The van der Waals surface area contributed by atoms with E-state index in [1.54, 1.807) is 18.5 Å². The SMILES string of the molecule is CCOC(=O)C(CC)n1nc(C)nc1C. The van der Waals surface area contributed by atoms with Crippen molar-refractivity contribution in [1.29, 1.82) is 0 Å². The summed E-state index contributed by atoms with van der Waals surface area (Å²) in [5, 5.41) is 4.19. The molecule has 0 fully saturated rings. The fraction of sp³-hybridized carbons (Fsp3) is 0.700. The van der Waals surface area contributed by atoms with Crippen molar-refractivity contribution in [3.05, 3.63) is 11.6 Å². The number of ether oxygens (including phenoxy) is 1. The van der Waals surface area contributed by atoms with Crippen molar-refractivity contribution < 1.29 is 9.53 Å². The van der Waals surface area contributed by atoms with Crippen molar-refractivity contribution in [1.82, 2.24) is 14.8 Å². The molecule has 0 spiro atoms. The first-order valence-electron chi connectivity index (χ1n) is 5.16. The van der Waals surface area contributed by atoms with Gasteiger partial charge in [0, 0.05) is 0 Å². The lowest BCUT2D eigenvalue weighted by atomic mass is 10.2. The summed E-state index contributed by atoms with van der Waals surface area (Å²) < 4.78 is 6.62. The van der Waals surface area contributed by atoms with Gasteiger partial charge in [0.2, 0.25) is 0 Å². The van der Waals surface area contributed by atoms with Gasteiger partial charge in [-0.15, -0.1) is 0 Å². The maximum Gasteiger partial charge on any atom is 0.330 e. The van der Waals surface area contributed by atoms with Crippen LogP contribution in [-0.4, -0.2) is 27.3 Å². The molecule has 1 atom stereocenters. The van der Waals surface area contributed by atoms with Crippen LogP contribution in [0, 0.1) is 13.8 Å². The minimum Gasteiger partial charge on any atom is -0.464 e. The van der Waals surface area contributed by atoms with Crippen LogP contribution in [0.1, 0.15) is 38.0 Å². The molecule has 1 unspecified atom stereocenters. The predicted molar refractivity (Wildman–Crippen MR) is 55.5 cm³/mol. The predicted octanol–water partition coefficient (Wildman–Crippen LogP) is 1.41. The highest BCUT2D eigenvalue weighted by atomic mass is 16.5. The Balaban J connectivity index is 2.91. The van der Waals surface area contributed by atoms with E-state index < -0.39 is 0 Å². The maximum absolute atomic E-state index is 11.6. The highest BCUT2D eigenvalue weighted by molar-refractivity contribution is 5.74. The van der Waals surface area contributed by atoms with E-state index in [2.05, 4.69) is 10.1 Å². The second-order valence-corrected chi connectivity index (χ2v) is 3.33. The average Bonchev–Trinajstić information content (AvgIpc) is 2.47. The van der Waals surface area contributed by atoms with Gasteiger partial charge in [-0.1, -0.05) is 6.92 Å². The summed E-state index contributed by atoms with van der Waals surface area (Å²) in [6.07, 6.45) is 0.655. The number of hydrogen-bond acceptors (Lipinski definition) is 4. The average molecular weight is 211 g/mol. The Morgan fingerprint density at radius 3 is 2.53 bits per heavy atom. The van der Waals surface area contributed by atoms with Crippen LogP contribution in [-0.2, 0) is 9.53 Å². The number of carbonyl (C=O) groups is 1. The minimum atomic E-state index is -0.355. The molecule has 0 amide bonds. The van der Waals surface area contributed by atoms with Crippen LogP contribution in [0.15, 0.2) is 0 Å². The zero-order valence-electron chi connectivity index (χ0n) is 9.65. The van der Waals surface area contributed by atoms with E-state index in [4.69, 9.17) is 4.74 Å². The molecule has 1 rings (SSSR count). The molecular formula is C10H17N3O2. The smallest absolute Gasteiger partial charge is 0.330 e. The van der Waals surface area contributed by atoms with Crippen LogP contribution in [0.4, 0.5) is 0 Å². The van der Waals surface area contributed by atoms with Crippen molar-refractivity contribution in [2.24, 2.45) is 0 Å². The highest BCUT2D eigenvalue weighted by Gasteiger charge is 2.22. The molecule has 0 saturated heterocycles. The topological polar surface area (TPSA) is 57.0 Å². The molecular weight excluding hydrogens is 194 g/mol. The summed E-state index contributed by atoms with van der Waals surface area (Å²) in [7, 11) is 0. The van der Waals surface area contributed by atoms with Crippen LogP contribution in [0.3, 0.4) is 0 Å². The first-order chi connectivity index (χ1) is 7.10. The van der Waals surface area contributed by atoms with Crippen molar-refractivity contribution in [3.63, 3.8) is 0 Å².